The summed E-state index contributed by atoms with van der Waals surface area (Å²) in [6, 6.07) is 0. The highest BCUT2D eigenvalue weighted by Gasteiger charge is 2.19. The number of hydrogen-bond acceptors (Lipinski definition) is 3. The standard InChI is InChI=1S/C8H16N2O.C5H11N.2C2H6/c1-2-10-8(11)7-3-5-9-6-4-7;1-6-4-2-3-5-6;2*1-2/h7,9H,2-6H2,1H3,(H,10,11);2-5H2,1H3;2*1-2H3. The van der Waals surface area contributed by atoms with E-state index in [0.29, 0.717) is 0 Å². The van der Waals surface area contributed by atoms with Crippen LogP contribution in [-0.2, 0) is 4.79 Å². The molecular formula is C17H39N3O. The molecule has 0 spiro atoms. The van der Waals surface area contributed by atoms with Crippen molar-refractivity contribution in [2.45, 2.75) is 60.3 Å². The van der Waals surface area contributed by atoms with E-state index in [2.05, 4.69) is 22.6 Å². The maximum atomic E-state index is 11.3. The lowest BCUT2D eigenvalue weighted by Gasteiger charge is -2.21. The molecular weight excluding hydrogens is 262 g/mol. The van der Waals surface area contributed by atoms with Crippen LogP contribution in [0.25, 0.3) is 0 Å². The number of carbonyl (C=O) groups excluding carboxylic acids is 1. The second-order valence-electron chi connectivity index (χ2n) is 4.93. The molecule has 2 rings (SSSR count). The van der Waals surface area contributed by atoms with Crippen molar-refractivity contribution in [1.29, 1.82) is 0 Å². The highest BCUT2D eigenvalue weighted by Crippen LogP contribution is 2.10. The molecule has 128 valence electrons. The van der Waals surface area contributed by atoms with E-state index in [4.69, 9.17) is 0 Å². The van der Waals surface area contributed by atoms with Crippen LogP contribution in [0.4, 0.5) is 0 Å². The maximum absolute atomic E-state index is 11.3. The fourth-order valence-electron chi connectivity index (χ4n) is 2.28. The Balaban J connectivity index is 0. The minimum Gasteiger partial charge on any atom is -0.356 e. The second kappa shape index (κ2) is 17.4. The van der Waals surface area contributed by atoms with Crippen LogP contribution >= 0.6 is 0 Å². The highest BCUT2D eigenvalue weighted by atomic mass is 16.1. The topological polar surface area (TPSA) is 44.4 Å². The molecule has 2 saturated heterocycles. The van der Waals surface area contributed by atoms with Crippen molar-refractivity contribution in [3.63, 3.8) is 0 Å². The molecule has 2 aliphatic rings. The van der Waals surface area contributed by atoms with Crippen LogP contribution < -0.4 is 10.6 Å². The number of hydrogen-bond donors (Lipinski definition) is 2. The minimum atomic E-state index is 0.231. The first kappa shape index (κ1) is 22.7. The summed E-state index contributed by atoms with van der Waals surface area (Å²) in [5, 5.41) is 6.08. The Morgan fingerprint density at radius 2 is 1.57 bits per heavy atom. The van der Waals surface area contributed by atoms with E-state index in [-0.39, 0.29) is 11.8 Å². The first-order valence-corrected chi connectivity index (χ1v) is 8.91. The lowest BCUT2D eigenvalue weighted by Crippen LogP contribution is -2.37. The van der Waals surface area contributed by atoms with Crippen LogP contribution in [0.5, 0.6) is 0 Å². The van der Waals surface area contributed by atoms with Gasteiger partial charge in [-0.15, -0.1) is 0 Å². The molecule has 2 fully saturated rings. The average molecular weight is 302 g/mol. The first-order valence-electron chi connectivity index (χ1n) is 8.91. The number of rotatable bonds is 2. The van der Waals surface area contributed by atoms with E-state index < -0.39 is 0 Å². The van der Waals surface area contributed by atoms with Gasteiger partial charge in [-0.2, -0.15) is 0 Å². The third-order valence-corrected chi connectivity index (χ3v) is 3.39. The van der Waals surface area contributed by atoms with E-state index in [1.165, 1.54) is 25.9 Å². The van der Waals surface area contributed by atoms with Gasteiger partial charge in [0.15, 0.2) is 0 Å². The molecule has 1 amide bonds. The average Bonchev–Trinajstić information content (AvgIpc) is 3.04. The normalized spacial score (nSPS) is 18.2. The second-order valence-corrected chi connectivity index (χ2v) is 4.93. The molecule has 0 aliphatic carbocycles. The summed E-state index contributed by atoms with van der Waals surface area (Å²) < 4.78 is 0. The molecule has 4 heteroatoms. The number of piperidine rings is 1. The van der Waals surface area contributed by atoms with Crippen molar-refractivity contribution in [2.24, 2.45) is 5.92 Å². The van der Waals surface area contributed by atoms with Gasteiger partial charge in [0, 0.05) is 12.5 Å². The van der Waals surface area contributed by atoms with Crippen LogP contribution in [-0.4, -0.2) is 50.6 Å². The molecule has 0 radical (unpaired) electrons. The van der Waals surface area contributed by atoms with Gasteiger partial charge in [-0.05, 0) is 65.8 Å². The van der Waals surface area contributed by atoms with Crippen molar-refractivity contribution < 1.29 is 4.79 Å². The van der Waals surface area contributed by atoms with E-state index in [1.807, 2.05) is 34.6 Å². The Morgan fingerprint density at radius 3 is 1.90 bits per heavy atom. The van der Waals surface area contributed by atoms with Crippen molar-refractivity contribution in [1.82, 2.24) is 15.5 Å². The van der Waals surface area contributed by atoms with E-state index in [1.54, 1.807) is 0 Å². The molecule has 0 saturated carbocycles. The molecule has 0 aromatic carbocycles. The Labute approximate surface area is 133 Å². The van der Waals surface area contributed by atoms with E-state index in [0.717, 1.165) is 32.5 Å². The quantitative estimate of drug-likeness (QED) is 0.824. The molecule has 2 heterocycles. The molecule has 0 aromatic heterocycles. The van der Waals surface area contributed by atoms with Gasteiger partial charge in [0.05, 0.1) is 0 Å². The van der Waals surface area contributed by atoms with Gasteiger partial charge < -0.3 is 15.5 Å². The van der Waals surface area contributed by atoms with Crippen molar-refractivity contribution in [3.05, 3.63) is 0 Å². The van der Waals surface area contributed by atoms with Crippen molar-refractivity contribution in [2.75, 3.05) is 39.8 Å². The maximum Gasteiger partial charge on any atom is 0.223 e. The third kappa shape index (κ3) is 12.8. The Kier molecular flexibility index (Phi) is 18.8. The molecule has 0 bridgehead atoms. The van der Waals surface area contributed by atoms with Crippen LogP contribution in [0.1, 0.15) is 60.3 Å². The van der Waals surface area contributed by atoms with Gasteiger partial charge in [0.25, 0.3) is 0 Å². The van der Waals surface area contributed by atoms with E-state index in [9.17, 15) is 4.79 Å². The predicted molar refractivity (Wildman–Crippen MR) is 93.7 cm³/mol. The molecule has 21 heavy (non-hydrogen) atoms. The fraction of sp³-hybridized carbons (Fsp3) is 0.941. The number of nitrogens with zero attached hydrogens (tertiary/aromatic N) is 1. The number of nitrogens with one attached hydrogen (secondary N) is 2. The summed E-state index contributed by atoms with van der Waals surface area (Å²) in [7, 11) is 2.17. The van der Waals surface area contributed by atoms with Crippen molar-refractivity contribution >= 4 is 5.91 Å². The summed E-state index contributed by atoms with van der Waals surface area (Å²) in [4.78, 5) is 13.6. The Morgan fingerprint density at radius 1 is 1.10 bits per heavy atom. The van der Waals surface area contributed by atoms with Gasteiger partial charge in [0.2, 0.25) is 5.91 Å². The Bertz CT molecular complexity index is 210. The number of carbonyl (C=O) groups is 1. The largest absolute Gasteiger partial charge is 0.356 e. The van der Waals surface area contributed by atoms with Gasteiger partial charge in [-0.25, -0.2) is 0 Å². The minimum absolute atomic E-state index is 0.231. The monoisotopic (exact) mass is 301 g/mol. The molecule has 2 N–H and O–H groups in total. The van der Waals surface area contributed by atoms with Gasteiger partial charge in [-0.3, -0.25) is 4.79 Å². The van der Waals surface area contributed by atoms with Gasteiger partial charge in [-0.1, -0.05) is 27.7 Å². The molecule has 0 unspecified atom stereocenters. The van der Waals surface area contributed by atoms with Crippen LogP contribution in [0.3, 0.4) is 0 Å². The van der Waals surface area contributed by atoms with Gasteiger partial charge in [0.1, 0.15) is 0 Å². The predicted octanol–water partition coefficient (Wildman–Crippen LogP) is 2.89. The zero-order valence-corrected chi connectivity index (χ0v) is 15.3. The van der Waals surface area contributed by atoms with Crippen LogP contribution in [0.15, 0.2) is 0 Å². The lowest BCUT2D eigenvalue weighted by molar-refractivity contribution is -0.125. The zero-order chi connectivity index (χ0) is 16.5. The third-order valence-electron chi connectivity index (χ3n) is 3.39. The first-order chi connectivity index (χ1) is 10.2. The SMILES string of the molecule is CC.CC.CCNC(=O)C1CCNCC1.CN1CCCC1. The van der Waals surface area contributed by atoms with Crippen LogP contribution in [0.2, 0.25) is 0 Å². The number of likely N-dealkylation sites (tertiary alicyclic amines) is 1. The summed E-state index contributed by atoms with van der Waals surface area (Å²) in [5.74, 6) is 0.491. The smallest absolute Gasteiger partial charge is 0.223 e. The summed E-state index contributed by atoms with van der Waals surface area (Å²) in [5.41, 5.74) is 0. The van der Waals surface area contributed by atoms with Crippen LogP contribution in [0, 0.1) is 5.92 Å². The zero-order valence-electron chi connectivity index (χ0n) is 15.3. The number of amides is 1. The van der Waals surface area contributed by atoms with E-state index >= 15 is 0 Å². The molecule has 0 aromatic rings. The summed E-state index contributed by atoms with van der Waals surface area (Å²) >= 11 is 0. The van der Waals surface area contributed by atoms with Crippen molar-refractivity contribution in [3.8, 4) is 0 Å². The summed E-state index contributed by atoms with van der Waals surface area (Å²) in [6.07, 6.45) is 4.81. The molecule has 2 aliphatic heterocycles. The molecule has 0 atom stereocenters. The highest BCUT2D eigenvalue weighted by molar-refractivity contribution is 5.78. The fourth-order valence-corrected chi connectivity index (χ4v) is 2.28. The molecule has 4 nitrogen and oxygen atoms in total. The Hall–Kier alpha value is -0.610. The lowest BCUT2D eigenvalue weighted by atomic mass is 9.97. The summed E-state index contributed by atoms with van der Waals surface area (Å²) in [6.45, 7) is 15.3. The van der Waals surface area contributed by atoms with Gasteiger partial charge >= 0.3 is 0 Å².